The fourth-order valence-electron chi connectivity index (χ4n) is 2.49. The first-order valence-electron chi connectivity index (χ1n) is 9.07. The Morgan fingerprint density at radius 2 is 1.57 bits per heavy atom. The molecule has 152 valence electrons. The summed E-state index contributed by atoms with van der Waals surface area (Å²) in [4.78, 5) is 22.3. The second kappa shape index (κ2) is 10.4. The molecule has 0 atom stereocenters. The number of nitro benzene ring substituents is 1. The summed E-state index contributed by atoms with van der Waals surface area (Å²) >= 11 is 0. The van der Waals surface area contributed by atoms with Gasteiger partial charge in [0.05, 0.1) is 16.7 Å². The molecule has 1 N–H and O–H groups in total. The maximum absolute atomic E-state index is 11.8. The Morgan fingerprint density at radius 1 is 0.933 bits per heavy atom. The molecule has 0 heterocycles. The van der Waals surface area contributed by atoms with Crippen LogP contribution >= 0.6 is 0 Å². The van der Waals surface area contributed by atoms with Gasteiger partial charge < -0.3 is 9.47 Å². The lowest BCUT2D eigenvalue weighted by molar-refractivity contribution is -0.385. The van der Waals surface area contributed by atoms with Crippen LogP contribution in [0.3, 0.4) is 0 Å². The highest BCUT2D eigenvalue weighted by Gasteiger charge is 2.10. The molecule has 30 heavy (non-hydrogen) atoms. The van der Waals surface area contributed by atoms with E-state index in [4.69, 9.17) is 9.47 Å². The van der Waals surface area contributed by atoms with Gasteiger partial charge in [0, 0.05) is 6.07 Å². The highest BCUT2D eigenvalue weighted by Crippen LogP contribution is 2.19. The van der Waals surface area contributed by atoms with Gasteiger partial charge in [-0.1, -0.05) is 42.5 Å². The van der Waals surface area contributed by atoms with Gasteiger partial charge in [-0.3, -0.25) is 14.9 Å². The molecule has 0 saturated carbocycles. The first-order valence-corrected chi connectivity index (χ1v) is 9.07. The zero-order chi connectivity index (χ0) is 21.2. The van der Waals surface area contributed by atoms with Crippen molar-refractivity contribution in [3.05, 3.63) is 100 Å². The third kappa shape index (κ3) is 6.16. The van der Waals surface area contributed by atoms with Crippen LogP contribution in [0.15, 0.2) is 84.0 Å². The number of hydrogen-bond acceptors (Lipinski definition) is 6. The molecule has 0 aliphatic carbocycles. The predicted molar refractivity (Wildman–Crippen MR) is 112 cm³/mol. The van der Waals surface area contributed by atoms with Crippen molar-refractivity contribution >= 4 is 17.8 Å². The van der Waals surface area contributed by atoms with Gasteiger partial charge in [-0.05, 0) is 35.9 Å². The van der Waals surface area contributed by atoms with Crippen LogP contribution in [0.4, 0.5) is 5.69 Å². The average molecular weight is 405 g/mol. The Morgan fingerprint density at radius 3 is 2.27 bits per heavy atom. The fraction of sp³-hybridized carbons (Fsp3) is 0.0909. The van der Waals surface area contributed by atoms with Gasteiger partial charge >= 0.3 is 0 Å². The molecule has 8 nitrogen and oxygen atoms in total. The van der Waals surface area contributed by atoms with Crippen LogP contribution < -0.4 is 14.9 Å². The Labute approximate surface area is 172 Å². The van der Waals surface area contributed by atoms with Gasteiger partial charge in [0.1, 0.15) is 18.1 Å². The number of hydrazone groups is 1. The summed E-state index contributed by atoms with van der Waals surface area (Å²) in [5.74, 6) is 0.693. The summed E-state index contributed by atoms with van der Waals surface area (Å²) in [5, 5.41) is 14.7. The Balaban J connectivity index is 1.44. The van der Waals surface area contributed by atoms with Gasteiger partial charge in [-0.2, -0.15) is 5.10 Å². The van der Waals surface area contributed by atoms with Crippen molar-refractivity contribution in [2.75, 3.05) is 6.61 Å². The van der Waals surface area contributed by atoms with Crippen molar-refractivity contribution in [2.45, 2.75) is 6.61 Å². The smallest absolute Gasteiger partial charge is 0.278 e. The number of ether oxygens (including phenoxy) is 2. The predicted octanol–water partition coefficient (Wildman–Crippen LogP) is 3.70. The molecule has 3 aromatic carbocycles. The zero-order valence-corrected chi connectivity index (χ0v) is 15.9. The summed E-state index contributed by atoms with van der Waals surface area (Å²) in [5.41, 5.74) is 3.53. The molecule has 3 rings (SSSR count). The number of amides is 1. The van der Waals surface area contributed by atoms with Gasteiger partial charge in [0.2, 0.25) is 0 Å². The van der Waals surface area contributed by atoms with Crippen molar-refractivity contribution in [3.63, 3.8) is 0 Å². The molecule has 0 bridgehead atoms. The van der Waals surface area contributed by atoms with Crippen LogP contribution in [0.2, 0.25) is 0 Å². The lowest BCUT2D eigenvalue weighted by Gasteiger charge is -2.08. The van der Waals surface area contributed by atoms with E-state index >= 15 is 0 Å². The highest BCUT2D eigenvalue weighted by atomic mass is 16.6. The molecule has 1 amide bonds. The number of carbonyl (C=O) groups is 1. The molecule has 0 unspecified atom stereocenters. The van der Waals surface area contributed by atoms with E-state index in [2.05, 4.69) is 10.5 Å². The van der Waals surface area contributed by atoms with Crippen molar-refractivity contribution in [1.29, 1.82) is 0 Å². The Kier molecular flexibility index (Phi) is 7.10. The van der Waals surface area contributed by atoms with E-state index in [9.17, 15) is 14.9 Å². The van der Waals surface area contributed by atoms with E-state index in [-0.39, 0.29) is 17.9 Å². The monoisotopic (exact) mass is 405 g/mol. The van der Waals surface area contributed by atoms with Gasteiger partial charge in [-0.25, -0.2) is 5.43 Å². The summed E-state index contributed by atoms with van der Waals surface area (Å²) in [6.07, 6.45) is 1.22. The second-order valence-corrected chi connectivity index (χ2v) is 6.14. The Bertz CT molecular complexity index is 1020. The zero-order valence-electron chi connectivity index (χ0n) is 15.9. The number of nitrogens with zero attached hydrogens (tertiary/aromatic N) is 2. The minimum atomic E-state index is -0.514. The first-order chi connectivity index (χ1) is 14.6. The summed E-state index contributed by atoms with van der Waals surface area (Å²) in [6.45, 7) is 0.208. The standard InChI is InChI=1S/C22H19N3O5/c26-22(24-23-14-18-8-4-5-9-21(18)25(27)28)16-30-20-12-10-19(11-13-20)29-15-17-6-2-1-3-7-17/h1-14H,15-16H2,(H,24,26)/b23-14-. The molecule has 0 saturated heterocycles. The molecular formula is C22H19N3O5. The molecule has 8 heteroatoms. The molecular weight excluding hydrogens is 386 g/mol. The summed E-state index contributed by atoms with van der Waals surface area (Å²) in [6, 6.07) is 22.8. The molecule has 0 fully saturated rings. The van der Waals surface area contributed by atoms with Crippen molar-refractivity contribution in [3.8, 4) is 11.5 Å². The van der Waals surface area contributed by atoms with E-state index in [1.54, 1.807) is 36.4 Å². The second-order valence-electron chi connectivity index (χ2n) is 6.14. The number of para-hydroxylation sites is 1. The van der Waals surface area contributed by atoms with E-state index in [1.165, 1.54) is 18.3 Å². The molecule has 0 aromatic heterocycles. The van der Waals surface area contributed by atoms with Crippen molar-refractivity contribution in [2.24, 2.45) is 5.10 Å². The third-order valence-corrected chi connectivity index (χ3v) is 3.97. The topological polar surface area (TPSA) is 103 Å². The molecule has 0 spiro atoms. The summed E-state index contributed by atoms with van der Waals surface area (Å²) < 4.78 is 11.1. The fourth-order valence-corrected chi connectivity index (χ4v) is 2.49. The van der Waals surface area contributed by atoms with Gasteiger partial charge in [0.25, 0.3) is 11.6 Å². The van der Waals surface area contributed by atoms with E-state index in [0.717, 1.165) is 5.56 Å². The van der Waals surface area contributed by atoms with Gasteiger partial charge in [0.15, 0.2) is 6.61 Å². The largest absolute Gasteiger partial charge is 0.489 e. The highest BCUT2D eigenvalue weighted by molar-refractivity contribution is 5.86. The quantitative estimate of drug-likeness (QED) is 0.332. The molecule has 0 aliphatic rings. The van der Waals surface area contributed by atoms with E-state index in [1.807, 2.05) is 30.3 Å². The van der Waals surface area contributed by atoms with Crippen LogP contribution in [0, 0.1) is 10.1 Å². The third-order valence-electron chi connectivity index (χ3n) is 3.97. The van der Waals surface area contributed by atoms with E-state index < -0.39 is 10.8 Å². The maximum atomic E-state index is 11.8. The van der Waals surface area contributed by atoms with Gasteiger partial charge in [-0.15, -0.1) is 0 Å². The van der Waals surface area contributed by atoms with E-state index in [0.29, 0.717) is 18.1 Å². The molecule has 3 aromatic rings. The number of benzene rings is 3. The van der Waals surface area contributed by atoms with Crippen molar-refractivity contribution < 1.29 is 19.2 Å². The minimum Gasteiger partial charge on any atom is -0.489 e. The summed E-state index contributed by atoms with van der Waals surface area (Å²) in [7, 11) is 0. The number of nitro groups is 1. The van der Waals surface area contributed by atoms with Crippen LogP contribution in [-0.2, 0) is 11.4 Å². The van der Waals surface area contributed by atoms with Crippen LogP contribution in [0.25, 0.3) is 0 Å². The maximum Gasteiger partial charge on any atom is 0.278 e. The SMILES string of the molecule is O=C(COc1ccc(OCc2ccccc2)cc1)N/N=C\c1ccccc1[N+](=O)[O-]. The number of nitrogens with one attached hydrogen (secondary N) is 1. The Hall–Kier alpha value is -4.20. The minimum absolute atomic E-state index is 0.0960. The van der Waals surface area contributed by atoms with Crippen molar-refractivity contribution in [1.82, 2.24) is 5.43 Å². The lowest BCUT2D eigenvalue weighted by Crippen LogP contribution is -2.24. The average Bonchev–Trinajstić information content (AvgIpc) is 2.78. The normalized spacial score (nSPS) is 10.5. The van der Waals surface area contributed by atoms with Crippen LogP contribution in [-0.4, -0.2) is 23.7 Å². The molecule has 0 aliphatic heterocycles. The van der Waals surface area contributed by atoms with Crippen LogP contribution in [0.5, 0.6) is 11.5 Å². The number of carbonyl (C=O) groups excluding carboxylic acids is 1. The number of rotatable bonds is 9. The van der Waals surface area contributed by atoms with Crippen LogP contribution in [0.1, 0.15) is 11.1 Å². The molecule has 0 radical (unpaired) electrons. The number of hydrogen-bond donors (Lipinski definition) is 1. The first kappa shape index (κ1) is 20.5. The lowest BCUT2D eigenvalue weighted by atomic mass is 10.2.